The number of anilines is 2. The van der Waals surface area contributed by atoms with E-state index in [1.807, 2.05) is 25.1 Å². The standard InChI is InChI=1S/C19H18ClF3N4O3S/c1-27(2)8-7-13-9-12(11-24)3-6-16(13)26-18(28)25-14-4-5-15(20)17(10-14)31(29,30)19(21,22)23/h3-6,9-10H,7-8H2,1-2H3,(H2,25,26,28). The molecule has 2 aromatic rings. The van der Waals surface area contributed by atoms with E-state index >= 15 is 0 Å². The summed E-state index contributed by atoms with van der Waals surface area (Å²) in [5.41, 5.74) is -4.26. The second kappa shape index (κ2) is 9.55. The lowest BCUT2D eigenvalue weighted by molar-refractivity contribution is -0.0435. The Labute approximate surface area is 182 Å². The molecule has 7 nitrogen and oxygen atoms in total. The smallest absolute Gasteiger partial charge is 0.309 e. The van der Waals surface area contributed by atoms with Crippen LogP contribution in [0, 0.1) is 11.3 Å². The van der Waals surface area contributed by atoms with Crippen LogP contribution < -0.4 is 10.6 Å². The van der Waals surface area contributed by atoms with Crippen LogP contribution in [0.3, 0.4) is 0 Å². The van der Waals surface area contributed by atoms with Crippen LogP contribution in [-0.2, 0) is 16.3 Å². The molecule has 2 aromatic carbocycles. The number of amides is 2. The average Bonchev–Trinajstić information content (AvgIpc) is 2.67. The van der Waals surface area contributed by atoms with Gasteiger partial charge >= 0.3 is 11.5 Å². The van der Waals surface area contributed by atoms with Gasteiger partial charge in [-0.15, -0.1) is 0 Å². The number of likely N-dealkylation sites (N-methyl/N-ethyl adjacent to an activating group) is 1. The summed E-state index contributed by atoms with van der Waals surface area (Å²) in [7, 11) is -1.97. The van der Waals surface area contributed by atoms with Crippen LogP contribution in [0.1, 0.15) is 11.1 Å². The number of hydrogen-bond acceptors (Lipinski definition) is 5. The van der Waals surface area contributed by atoms with Gasteiger partial charge in [0.05, 0.1) is 21.6 Å². The summed E-state index contributed by atoms with van der Waals surface area (Å²) in [6.45, 7) is 0.640. The molecule has 2 amide bonds. The maximum Gasteiger partial charge on any atom is 0.501 e. The third-order valence-corrected chi connectivity index (χ3v) is 6.06. The Hall–Kier alpha value is -2.81. The minimum absolute atomic E-state index is 0.201. The topological polar surface area (TPSA) is 102 Å². The van der Waals surface area contributed by atoms with Gasteiger partial charge in [-0.3, -0.25) is 0 Å². The molecule has 0 unspecified atom stereocenters. The van der Waals surface area contributed by atoms with Gasteiger partial charge in [0.2, 0.25) is 0 Å². The van der Waals surface area contributed by atoms with Crippen molar-refractivity contribution in [2.24, 2.45) is 0 Å². The first kappa shape index (κ1) is 24.5. The van der Waals surface area contributed by atoms with Crippen LogP contribution in [-0.4, -0.2) is 45.5 Å². The minimum Gasteiger partial charge on any atom is -0.309 e. The van der Waals surface area contributed by atoms with Crippen molar-refractivity contribution >= 4 is 38.8 Å². The number of carbonyl (C=O) groups is 1. The first-order chi connectivity index (χ1) is 14.3. The molecule has 0 saturated heterocycles. The molecule has 2 N–H and O–H groups in total. The molecule has 0 heterocycles. The monoisotopic (exact) mass is 474 g/mol. The van der Waals surface area contributed by atoms with Crippen LogP contribution in [0.4, 0.5) is 29.3 Å². The largest absolute Gasteiger partial charge is 0.501 e. The number of nitrogens with zero attached hydrogens (tertiary/aromatic N) is 2. The number of nitrogens with one attached hydrogen (secondary N) is 2. The Morgan fingerprint density at radius 2 is 1.84 bits per heavy atom. The molecule has 2 rings (SSSR count). The Bertz CT molecular complexity index is 1130. The van der Waals surface area contributed by atoms with Gasteiger partial charge in [0.15, 0.2) is 0 Å². The number of benzene rings is 2. The molecule has 0 aliphatic rings. The van der Waals surface area contributed by atoms with E-state index in [4.69, 9.17) is 16.9 Å². The van der Waals surface area contributed by atoms with E-state index in [0.29, 0.717) is 35.8 Å². The summed E-state index contributed by atoms with van der Waals surface area (Å²) in [4.78, 5) is 13.1. The summed E-state index contributed by atoms with van der Waals surface area (Å²) in [5.74, 6) is 0. The Kier molecular flexibility index (Phi) is 7.54. The van der Waals surface area contributed by atoms with Crippen molar-refractivity contribution in [3.05, 3.63) is 52.5 Å². The van der Waals surface area contributed by atoms with Crippen molar-refractivity contribution < 1.29 is 26.4 Å². The van der Waals surface area contributed by atoms with Crippen LogP contribution in [0.5, 0.6) is 0 Å². The molecule has 31 heavy (non-hydrogen) atoms. The van der Waals surface area contributed by atoms with E-state index in [1.165, 1.54) is 18.2 Å². The van der Waals surface area contributed by atoms with Gasteiger partial charge in [0.1, 0.15) is 0 Å². The lowest BCUT2D eigenvalue weighted by atomic mass is 10.1. The molecule has 0 spiro atoms. The van der Waals surface area contributed by atoms with Crippen molar-refractivity contribution in [1.82, 2.24) is 4.90 Å². The molecule has 0 bridgehead atoms. The summed E-state index contributed by atoms with van der Waals surface area (Å²) in [6.07, 6.45) is 0.521. The van der Waals surface area contributed by atoms with E-state index in [9.17, 15) is 26.4 Å². The van der Waals surface area contributed by atoms with Crippen LogP contribution in [0.15, 0.2) is 41.3 Å². The highest BCUT2D eigenvalue weighted by Gasteiger charge is 2.48. The molecule has 0 aromatic heterocycles. The number of carbonyl (C=O) groups excluding carboxylic acids is 1. The summed E-state index contributed by atoms with van der Waals surface area (Å²) >= 11 is 5.62. The number of hydrogen-bond donors (Lipinski definition) is 2. The Morgan fingerprint density at radius 3 is 2.42 bits per heavy atom. The van der Waals surface area contributed by atoms with E-state index in [0.717, 1.165) is 6.07 Å². The second-order valence-corrected chi connectivity index (χ2v) is 9.03. The van der Waals surface area contributed by atoms with Crippen molar-refractivity contribution in [1.29, 1.82) is 5.26 Å². The van der Waals surface area contributed by atoms with Gasteiger partial charge in [-0.05, 0) is 62.5 Å². The number of alkyl halides is 3. The molecule has 166 valence electrons. The quantitative estimate of drug-likeness (QED) is 0.651. The Morgan fingerprint density at radius 1 is 1.16 bits per heavy atom. The maximum atomic E-state index is 12.8. The van der Waals surface area contributed by atoms with Gasteiger partial charge in [0, 0.05) is 17.9 Å². The highest BCUT2D eigenvalue weighted by molar-refractivity contribution is 7.92. The summed E-state index contributed by atoms with van der Waals surface area (Å²) in [6, 6.07) is 8.61. The molecule has 0 aliphatic carbocycles. The fourth-order valence-corrected chi connectivity index (χ4v) is 3.81. The lowest BCUT2D eigenvalue weighted by Gasteiger charge is -2.15. The molecule has 0 radical (unpaired) electrons. The fraction of sp³-hybridized carbons (Fsp3) is 0.263. The van der Waals surface area contributed by atoms with Gasteiger partial charge in [0.25, 0.3) is 9.84 Å². The maximum absolute atomic E-state index is 12.8. The average molecular weight is 475 g/mol. The predicted octanol–water partition coefficient (Wildman–Crippen LogP) is 4.25. The van der Waals surface area contributed by atoms with Gasteiger partial charge in [-0.25, -0.2) is 13.2 Å². The van der Waals surface area contributed by atoms with Crippen LogP contribution >= 0.6 is 11.6 Å². The molecular formula is C19H18ClF3N4O3S. The summed E-state index contributed by atoms with van der Waals surface area (Å²) < 4.78 is 61.9. The SMILES string of the molecule is CN(C)CCc1cc(C#N)ccc1NC(=O)Nc1ccc(Cl)c(S(=O)(=O)C(F)(F)F)c1. The van der Waals surface area contributed by atoms with E-state index in [1.54, 1.807) is 6.07 Å². The predicted molar refractivity (Wildman–Crippen MR) is 111 cm³/mol. The first-order valence-electron chi connectivity index (χ1n) is 8.72. The third-order valence-electron chi connectivity index (χ3n) is 4.09. The van der Waals surface area contributed by atoms with E-state index < -0.39 is 31.3 Å². The van der Waals surface area contributed by atoms with Crippen molar-refractivity contribution in [3.8, 4) is 6.07 Å². The number of rotatable bonds is 6. The lowest BCUT2D eigenvalue weighted by Crippen LogP contribution is -2.24. The molecule has 0 aliphatic heterocycles. The third kappa shape index (κ3) is 6.10. The van der Waals surface area contributed by atoms with Gasteiger partial charge < -0.3 is 15.5 Å². The first-order valence-corrected chi connectivity index (χ1v) is 10.6. The zero-order valence-corrected chi connectivity index (χ0v) is 18.0. The zero-order chi connectivity index (χ0) is 23.4. The van der Waals surface area contributed by atoms with Crippen molar-refractivity contribution in [2.45, 2.75) is 16.8 Å². The number of urea groups is 1. The summed E-state index contributed by atoms with van der Waals surface area (Å²) in [5, 5.41) is 13.3. The van der Waals surface area contributed by atoms with Crippen molar-refractivity contribution in [2.75, 3.05) is 31.3 Å². The molecule has 12 heteroatoms. The van der Waals surface area contributed by atoms with Gasteiger partial charge in [-0.2, -0.15) is 18.4 Å². The highest BCUT2D eigenvalue weighted by Crippen LogP contribution is 2.35. The Balaban J connectivity index is 2.26. The zero-order valence-electron chi connectivity index (χ0n) is 16.4. The normalized spacial score (nSPS) is 11.8. The van der Waals surface area contributed by atoms with Gasteiger partial charge in [-0.1, -0.05) is 11.6 Å². The number of sulfone groups is 1. The number of halogens is 4. The van der Waals surface area contributed by atoms with E-state index in [2.05, 4.69) is 10.6 Å². The molecule has 0 saturated carbocycles. The van der Waals surface area contributed by atoms with E-state index in [-0.39, 0.29) is 5.69 Å². The number of nitriles is 1. The highest BCUT2D eigenvalue weighted by atomic mass is 35.5. The minimum atomic E-state index is -5.69. The van der Waals surface area contributed by atoms with Crippen LogP contribution in [0.25, 0.3) is 0 Å². The van der Waals surface area contributed by atoms with Crippen LogP contribution in [0.2, 0.25) is 5.02 Å². The molecular weight excluding hydrogens is 457 g/mol. The second-order valence-electron chi connectivity index (χ2n) is 6.71. The molecule has 0 atom stereocenters. The fourth-order valence-electron chi connectivity index (χ4n) is 2.53. The van der Waals surface area contributed by atoms with Crippen molar-refractivity contribution in [3.63, 3.8) is 0 Å². The molecule has 0 fully saturated rings.